The van der Waals surface area contributed by atoms with Gasteiger partial charge in [-0.25, -0.2) is 32.8 Å². The van der Waals surface area contributed by atoms with Crippen molar-refractivity contribution in [1.29, 1.82) is 0 Å². The maximum Gasteiger partial charge on any atom is 2.00 e. The van der Waals surface area contributed by atoms with Gasteiger partial charge in [0.15, 0.2) is 0 Å². The van der Waals surface area contributed by atoms with E-state index in [2.05, 4.69) is 83.8 Å². The van der Waals surface area contributed by atoms with Gasteiger partial charge in [0.1, 0.15) is 0 Å². The SMILES string of the molecule is CCC[CH2][Sn]([CH2]CCC)([CH2]CCC)[CH]1CC1.CCC[CH2][Sn]([Cl])([CH2]CCC)[CH2]CCC.Clc1ncc(Br)cn1.Clc1ncc(C2CC2)cn1.[Br-].[CH-]1CC1.[Mg+2]. The van der Waals surface area contributed by atoms with Crippen molar-refractivity contribution in [2.75, 3.05) is 0 Å². The van der Waals surface area contributed by atoms with Crippen molar-refractivity contribution in [3.63, 3.8) is 0 Å². The number of aromatic nitrogens is 4. The van der Waals surface area contributed by atoms with Gasteiger partial charge in [-0.05, 0) is 63.5 Å². The summed E-state index contributed by atoms with van der Waals surface area (Å²) in [5.41, 5.74) is 1.23. The first kappa shape index (κ1) is 57.4. The molecule has 2 aromatic heterocycles. The molecule has 0 spiro atoms. The molecule has 0 amide bonds. The predicted molar refractivity (Wildman–Crippen MR) is 242 cm³/mol. The van der Waals surface area contributed by atoms with E-state index in [1.165, 1.54) is 106 Å². The van der Waals surface area contributed by atoms with Gasteiger partial charge in [0, 0.05) is 24.8 Å². The summed E-state index contributed by atoms with van der Waals surface area (Å²) in [5, 5.41) is 0.609. The third-order valence-corrected chi connectivity index (χ3v) is 43.5. The van der Waals surface area contributed by atoms with Crippen LogP contribution in [0.3, 0.4) is 0 Å². The summed E-state index contributed by atoms with van der Waals surface area (Å²) in [6.45, 7) is 14.0. The molecule has 0 atom stereocenters. The summed E-state index contributed by atoms with van der Waals surface area (Å²) in [7, 11) is 6.89. The Hall–Kier alpha value is 2.35. The summed E-state index contributed by atoms with van der Waals surface area (Å²) in [6.07, 6.45) is 34.7. The molecule has 53 heavy (non-hydrogen) atoms. The number of nitrogens with zero attached hydrogens (tertiary/aromatic N) is 4. The van der Waals surface area contributed by atoms with Crippen molar-refractivity contribution in [2.24, 2.45) is 0 Å². The quantitative estimate of drug-likeness (QED) is 0.0753. The molecule has 0 aromatic carbocycles. The standard InChI is InChI=1S/C7H7ClN2.C4H2BrClN2.6C4H9.2C3H5.BrH.ClH.Mg.2Sn/c8-7-9-3-6(4-10-7)5-1-2-5;5-3-1-7-4(6)8-2-3;6*1-3-4-2;2*1-2-3-1;;;;;/h3-5H,1-2H2;1-2H;6*1,3-4H2,2H3;2*1H,2-3H2;2*1H;;;/q;;;;;;;;;-1;;;+2;;+1/p-2. The Balaban J connectivity index is 0. The molecule has 3 fully saturated rings. The Labute approximate surface area is 384 Å². The fraction of sp³-hybridized carbons (Fsp3) is 0.780. The smallest absolute Gasteiger partial charge is 1.00 e. The summed E-state index contributed by atoms with van der Waals surface area (Å²) in [4.78, 5) is 15.2. The predicted octanol–water partition coefficient (Wildman–Crippen LogP) is 13.1. The molecule has 12 heteroatoms. The number of hydrogen-bond acceptors (Lipinski definition) is 4. The topological polar surface area (TPSA) is 51.6 Å². The molecule has 5 rings (SSSR count). The van der Waals surface area contributed by atoms with E-state index in [9.17, 15) is 0 Å². The molecular weight excluding hydrogens is 1080 g/mol. The van der Waals surface area contributed by atoms with Gasteiger partial charge in [0.25, 0.3) is 0 Å². The minimum absolute atomic E-state index is 0. The van der Waals surface area contributed by atoms with Crippen LogP contribution < -0.4 is 17.0 Å². The molecule has 0 radical (unpaired) electrons. The third kappa shape index (κ3) is 31.0. The first-order valence-electron chi connectivity index (χ1n) is 20.7. The van der Waals surface area contributed by atoms with E-state index in [4.69, 9.17) is 32.1 Å². The van der Waals surface area contributed by atoms with Crippen LogP contribution in [-0.4, -0.2) is 78.6 Å². The third-order valence-electron chi connectivity index (χ3n) is 10.0. The zero-order chi connectivity index (χ0) is 37.8. The number of unbranched alkanes of at least 4 members (excludes halogenated alkanes) is 6. The van der Waals surface area contributed by atoms with Crippen LogP contribution >= 0.6 is 48.1 Å². The number of halogens is 5. The molecule has 4 nitrogen and oxygen atoms in total. The molecule has 0 aliphatic heterocycles. The first-order chi connectivity index (χ1) is 24.6. The zero-order valence-corrected chi connectivity index (χ0v) is 47.0. The Morgan fingerprint density at radius 2 is 0.925 bits per heavy atom. The van der Waals surface area contributed by atoms with Gasteiger partial charge in [-0.2, -0.15) is 0 Å². The van der Waals surface area contributed by atoms with Crippen molar-refractivity contribution < 1.29 is 17.0 Å². The van der Waals surface area contributed by atoms with Crippen LogP contribution in [-0.2, 0) is 0 Å². The van der Waals surface area contributed by atoms with Crippen LogP contribution in [0.1, 0.15) is 169 Å². The van der Waals surface area contributed by atoms with E-state index < -0.39 is 35.6 Å². The van der Waals surface area contributed by atoms with E-state index in [1.54, 1.807) is 57.8 Å². The van der Waals surface area contributed by atoms with Gasteiger partial charge in [0.05, 0.1) is 4.47 Å². The minimum atomic E-state index is -2.09. The number of rotatable bonds is 20. The monoisotopic (exact) mass is 1150 g/mol. The van der Waals surface area contributed by atoms with Gasteiger partial charge in [0.2, 0.25) is 10.6 Å². The Morgan fingerprint density at radius 1 is 0.604 bits per heavy atom. The van der Waals surface area contributed by atoms with Crippen molar-refractivity contribution >= 4 is 107 Å². The number of hydrogen-bond donors (Lipinski definition) is 0. The second-order valence-electron chi connectivity index (χ2n) is 15.0. The molecule has 3 aliphatic rings. The Bertz CT molecular complexity index is 1030. The van der Waals surface area contributed by atoms with Gasteiger partial charge < -0.3 is 23.4 Å². The van der Waals surface area contributed by atoms with Crippen LogP contribution in [0, 0.1) is 6.42 Å². The average Bonchev–Trinajstić information content (AvgIpc) is 3.97. The molecule has 2 aromatic rings. The second kappa shape index (κ2) is 36.2. The first-order valence-corrected chi connectivity index (χ1v) is 39.6. The summed E-state index contributed by atoms with van der Waals surface area (Å²) < 4.78 is 11.6. The van der Waals surface area contributed by atoms with E-state index >= 15 is 0 Å². The van der Waals surface area contributed by atoms with Crippen LogP contribution in [0.4, 0.5) is 0 Å². The molecule has 0 N–H and O–H groups in total. The normalized spacial score (nSPS) is 14.2. The van der Waals surface area contributed by atoms with Crippen LogP contribution in [0.15, 0.2) is 29.3 Å². The summed E-state index contributed by atoms with van der Waals surface area (Å²) in [6, 6.07) is 0. The van der Waals surface area contributed by atoms with Crippen LogP contribution in [0.5, 0.6) is 0 Å². The second-order valence-corrected chi connectivity index (χ2v) is 47.2. The molecule has 0 saturated heterocycles. The van der Waals surface area contributed by atoms with Gasteiger partial charge in [-0.3, -0.25) is 0 Å². The molecule has 0 unspecified atom stereocenters. The fourth-order valence-electron chi connectivity index (χ4n) is 6.37. The van der Waals surface area contributed by atoms with Gasteiger partial charge in [-0.15, -0.1) is 0 Å². The van der Waals surface area contributed by atoms with E-state index in [-0.39, 0.29) is 45.3 Å². The van der Waals surface area contributed by atoms with Crippen molar-refractivity contribution in [2.45, 2.75) is 194 Å². The van der Waals surface area contributed by atoms with Gasteiger partial charge in [-0.1, -0.05) is 0 Å². The minimum Gasteiger partial charge on any atom is -1.00 e. The Morgan fingerprint density at radius 3 is 1.19 bits per heavy atom. The summed E-state index contributed by atoms with van der Waals surface area (Å²) >= 11 is 10.3. The van der Waals surface area contributed by atoms with Crippen LogP contribution in [0.2, 0.25) is 41.1 Å². The van der Waals surface area contributed by atoms with E-state index in [0.29, 0.717) is 5.28 Å². The fourth-order valence-corrected chi connectivity index (χ4v) is 38.7. The zero-order valence-electron chi connectivity index (χ0n) is 34.4. The van der Waals surface area contributed by atoms with Crippen molar-refractivity contribution in [3.05, 3.63) is 51.8 Å². The van der Waals surface area contributed by atoms with Crippen molar-refractivity contribution in [1.82, 2.24) is 19.9 Å². The Kier molecular flexibility index (Phi) is 39.3. The maximum absolute atomic E-state index is 6.89. The van der Waals surface area contributed by atoms with E-state index in [0.717, 1.165) is 10.4 Å². The van der Waals surface area contributed by atoms with Crippen LogP contribution in [0.25, 0.3) is 0 Å². The van der Waals surface area contributed by atoms with E-state index in [1.807, 2.05) is 12.4 Å². The molecule has 3 aliphatic carbocycles. The maximum atomic E-state index is 6.89. The molecule has 302 valence electrons. The van der Waals surface area contributed by atoms with Crippen molar-refractivity contribution in [3.8, 4) is 0 Å². The molecule has 0 bridgehead atoms. The molecule has 3 saturated carbocycles. The average molecular weight is 1150 g/mol. The molecular formula is C41H73Br2Cl3MgN4Sn2. The summed E-state index contributed by atoms with van der Waals surface area (Å²) in [5.74, 6) is 0.720. The largest absolute Gasteiger partial charge is 2.00 e. The molecule has 2 heterocycles. The van der Waals surface area contributed by atoms with Gasteiger partial charge >= 0.3 is 230 Å².